The molecule has 0 saturated carbocycles. The van der Waals surface area contributed by atoms with Crippen LogP contribution in [-0.2, 0) is 14.3 Å². The summed E-state index contributed by atoms with van der Waals surface area (Å²) in [6, 6.07) is 7.61. The van der Waals surface area contributed by atoms with Crippen LogP contribution in [0.4, 0.5) is 0 Å². The van der Waals surface area contributed by atoms with Crippen LogP contribution in [0.2, 0.25) is 0 Å². The Kier molecular flexibility index (Phi) is 5.12. The Morgan fingerprint density at radius 2 is 2.10 bits per heavy atom. The van der Waals surface area contributed by atoms with Gasteiger partial charge in [0.05, 0.1) is 7.11 Å². The van der Waals surface area contributed by atoms with Gasteiger partial charge in [0.1, 0.15) is 17.3 Å². The Labute approximate surface area is 130 Å². The van der Waals surface area contributed by atoms with Crippen molar-refractivity contribution in [1.82, 2.24) is 0 Å². The Hall–Kier alpha value is -0.980. The first kappa shape index (κ1) is 15.4. The van der Waals surface area contributed by atoms with Gasteiger partial charge in [-0.3, -0.25) is 0 Å². The molecule has 1 aromatic rings. The average molecular weight is 359 g/mol. The van der Waals surface area contributed by atoms with Gasteiger partial charge in [-0.1, -0.05) is 27.7 Å². The first-order valence-electron chi connectivity index (χ1n) is 6.04. The molecule has 0 radical (unpaired) electrons. The number of hydrogen-bond acceptors (Lipinski definition) is 5. The number of methoxy groups -OCH3 is 1. The van der Waals surface area contributed by atoms with Crippen molar-refractivity contribution in [1.29, 1.82) is 0 Å². The third-order valence-electron chi connectivity index (χ3n) is 2.71. The Morgan fingerprint density at radius 3 is 2.75 bits per heavy atom. The van der Waals surface area contributed by atoms with Crippen LogP contribution in [0.1, 0.15) is 13.3 Å². The second-order valence-corrected chi connectivity index (χ2v) is 6.77. The van der Waals surface area contributed by atoms with Crippen LogP contribution in [0, 0.1) is 0 Å². The van der Waals surface area contributed by atoms with E-state index in [4.69, 9.17) is 9.47 Å². The van der Waals surface area contributed by atoms with E-state index in [1.165, 1.54) is 18.9 Å². The molecule has 1 heterocycles. The van der Waals surface area contributed by atoms with Crippen molar-refractivity contribution in [3.05, 3.63) is 39.9 Å². The Bertz CT molecular complexity index is 514. The summed E-state index contributed by atoms with van der Waals surface area (Å²) >= 11 is 4.84. The van der Waals surface area contributed by atoms with Gasteiger partial charge in [-0.25, -0.2) is 4.79 Å². The van der Waals surface area contributed by atoms with Gasteiger partial charge in [0.2, 0.25) is 0 Å². The van der Waals surface area contributed by atoms with E-state index in [1.807, 2.05) is 37.3 Å². The van der Waals surface area contributed by atoms with E-state index in [2.05, 4.69) is 20.7 Å². The Morgan fingerprint density at radius 1 is 1.40 bits per heavy atom. The number of hydrogen-bond donors (Lipinski definition) is 0. The number of ether oxygens (including phenoxy) is 3. The minimum atomic E-state index is -0.487. The van der Waals surface area contributed by atoms with E-state index in [-0.39, 0.29) is 12.6 Å². The van der Waals surface area contributed by atoms with Gasteiger partial charge in [0.25, 0.3) is 0 Å². The molecule has 0 aliphatic carbocycles. The molecule has 0 bridgehead atoms. The minimum absolute atomic E-state index is 0.0561. The molecule has 20 heavy (non-hydrogen) atoms. The summed E-state index contributed by atoms with van der Waals surface area (Å²) in [4.78, 5) is 10.6. The average Bonchev–Trinajstić information content (AvgIpc) is 2.81. The fourth-order valence-corrected chi connectivity index (χ4v) is 2.88. The number of thioether (sulfide) groups is 1. The van der Waals surface area contributed by atoms with Crippen molar-refractivity contribution in [3.8, 4) is 5.75 Å². The van der Waals surface area contributed by atoms with Gasteiger partial charge in [-0.15, -0.1) is 0 Å². The Balaban J connectivity index is 1.87. The number of rotatable bonds is 5. The predicted octanol–water partition coefficient (Wildman–Crippen LogP) is 3.71. The van der Waals surface area contributed by atoms with Crippen LogP contribution in [0.15, 0.2) is 39.9 Å². The van der Waals surface area contributed by atoms with Crippen molar-refractivity contribution in [2.45, 2.75) is 18.3 Å². The highest BCUT2D eigenvalue weighted by atomic mass is 79.9. The molecule has 6 heteroatoms. The van der Waals surface area contributed by atoms with E-state index in [0.717, 1.165) is 15.3 Å². The summed E-state index contributed by atoms with van der Waals surface area (Å²) < 4.78 is 16.9. The zero-order valence-electron chi connectivity index (χ0n) is 11.2. The lowest BCUT2D eigenvalue weighted by atomic mass is 10.3. The maximum Gasteiger partial charge on any atom is 0.331 e. The molecular formula is C14H15BrO4S. The van der Waals surface area contributed by atoms with Gasteiger partial charge in [-0.05, 0) is 37.3 Å². The minimum Gasteiger partial charge on any atom is -0.467 e. The van der Waals surface area contributed by atoms with Crippen molar-refractivity contribution in [2.24, 2.45) is 0 Å². The lowest BCUT2D eigenvalue weighted by Gasteiger charge is -2.23. The van der Waals surface area contributed by atoms with Crippen LogP contribution < -0.4 is 4.74 Å². The monoisotopic (exact) mass is 358 g/mol. The summed E-state index contributed by atoms with van der Waals surface area (Å²) in [5.41, 5.74) is 0. The third kappa shape index (κ3) is 4.26. The zero-order valence-corrected chi connectivity index (χ0v) is 13.6. The molecule has 0 aromatic heterocycles. The second kappa shape index (κ2) is 6.65. The lowest BCUT2D eigenvalue weighted by Crippen LogP contribution is -2.25. The molecule has 108 valence electrons. The van der Waals surface area contributed by atoms with Crippen molar-refractivity contribution >= 4 is 33.7 Å². The number of benzene rings is 1. The maximum absolute atomic E-state index is 11.1. The lowest BCUT2D eigenvalue weighted by molar-refractivity contribution is -0.148. The van der Waals surface area contributed by atoms with E-state index in [1.54, 1.807) is 0 Å². The van der Waals surface area contributed by atoms with Crippen molar-refractivity contribution in [2.75, 3.05) is 13.7 Å². The maximum atomic E-state index is 11.1. The molecule has 1 aliphatic heterocycles. The first-order valence-corrected chi connectivity index (χ1v) is 7.65. The number of carbonyl (C=O) groups excluding carboxylic acids is 1. The summed E-state index contributed by atoms with van der Waals surface area (Å²) in [5, 5.41) is 0.777. The fourth-order valence-electron chi connectivity index (χ4n) is 1.61. The molecule has 2 rings (SSSR count). The molecule has 0 spiro atoms. The van der Waals surface area contributed by atoms with Gasteiger partial charge >= 0.3 is 5.97 Å². The van der Waals surface area contributed by atoms with Crippen molar-refractivity contribution in [3.63, 3.8) is 0 Å². The molecule has 1 unspecified atom stereocenters. The zero-order chi connectivity index (χ0) is 14.6. The third-order valence-corrected chi connectivity index (χ3v) is 4.41. The summed E-state index contributed by atoms with van der Waals surface area (Å²) in [5.74, 6) is 0.387. The number of carbonyl (C=O) groups is 1. The molecule has 0 N–H and O–H groups in total. The first-order chi connectivity index (χ1) is 9.50. The summed E-state index contributed by atoms with van der Waals surface area (Å²) in [7, 11) is 1.34. The van der Waals surface area contributed by atoms with Crippen molar-refractivity contribution < 1.29 is 19.0 Å². The largest absolute Gasteiger partial charge is 0.467 e. The molecular weight excluding hydrogens is 344 g/mol. The second-order valence-electron chi connectivity index (χ2n) is 4.38. The van der Waals surface area contributed by atoms with E-state index in [0.29, 0.717) is 6.42 Å². The van der Waals surface area contributed by atoms with Gasteiger partial charge in [0, 0.05) is 10.9 Å². The predicted molar refractivity (Wildman–Crippen MR) is 81.4 cm³/mol. The molecule has 1 aliphatic rings. The molecule has 1 atom stereocenters. The van der Waals surface area contributed by atoms with Gasteiger partial charge < -0.3 is 14.2 Å². The highest BCUT2D eigenvalue weighted by Gasteiger charge is 2.33. The molecule has 0 saturated heterocycles. The summed E-state index contributed by atoms with van der Waals surface area (Å²) in [6.07, 6.45) is 2.64. The SMILES string of the molecule is COC(=O)COC1(C)CC=C(Oc2ccc(Br)cc2)S1. The van der Waals surface area contributed by atoms with Crippen LogP contribution in [0.5, 0.6) is 5.75 Å². The van der Waals surface area contributed by atoms with E-state index < -0.39 is 4.93 Å². The van der Waals surface area contributed by atoms with Crippen LogP contribution in [0.3, 0.4) is 0 Å². The molecule has 0 amide bonds. The van der Waals surface area contributed by atoms with Crippen LogP contribution in [0.25, 0.3) is 0 Å². The molecule has 0 fully saturated rings. The van der Waals surface area contributed by atoms with Gasteiger partial charge in [-0.2, -0.15) is 0 Å². The van der Waals surface area contributed by atoms with Gasteiger partial charge in [0.15, 0.2) is 5.09 Å². The standard InChI is InChI=1S/C14H15BrO4S/c1-14(18-9-12(16)17-2)8-7-13(20-14)19-11-5-3-10(15)4-6-11/h3-7H,8-9H2,1-2H3. The fraction of sp³-hybridized carbons (Fsp3) is 0.357. The smallest absolute Gasteiger partial charge is 0.331 e. The highest BCUT2D eigenvalue weighted by Crippen LogP contribution is 2.43. The van der Waals surface area contributed by atoms with Crippen LogP contribution >= 0.6 is 27.7 Å². The quantitative estimate of drug-likeness (QED) is 0.750. The molecule has 1 aromatic carbocycles. The number of esters is 1. The molecule has 4 nitrogen and oxygen atoms in total. The van der Waals surface area contributed by atoms with Crippen LogP contribution in [-0.4, -0.2) is 24.6 Å². The normalized spacial score (nSPS) is 21.4. The number of halogens is 1. The summed E-state index contributed by atoms with van der Waals surface area (Å²) in [6.45, 7) is 1.87. The highest BCUT2D eigenvalue weighted by molar-refractivity contribution is 9.10. The topological polar surface area (TPSA) is 44.8 Å². The van der Waals surface area contributed by atoms with E-state index in [9.17, 15) is 4.79 Å². The van der Waals surface area contributed by atoms with E-state index >= 15 is 0 Å².